The first kappa shape index (κ1) is 17.7. The van der Waals surface area contributed by atoms with Gasteiger partial charge in [-0.15, -0.1) is 0 Å². The second-order valence-corrected chi connectivity index (χ2v) is 7.82. The zero-order valence-electron chi connectivity index (χ0n) is 13.9. The van der Waals surface area contributed by atoms with E-state index in [-0.39, 0.29) is 11.7 Å². The van der Waals surface area contributed by atoms with Gasteiger partial charge in [-0.2, -0.15) is 5.26 Å². The van der Waals surface area contributed by atoms with E-state index in [1.807, 2.05) is 0 Å². The predicted molar refractivity (Wildman–Crippen MR) is 101 cm³/mol. The Labute approximate surface area is 152 Å². The molecule has 0 radical (unpaired) electrons. The zero-order valence-corrected chi connectivity index (χ0v) is 14.7. The number of anilines is 2. The average molecular weight is 367 g/mol. The van der Waals surface area contributed by atoms with Gasteiger partial charge >= 0.3 is 0 Å². The van der Waals surface area contributed by atoms with E-state index in [1.54, 1.807) is 54.6 Å². The third-order valence-corrected chi connectivity index (χ3v) is 5.89. The molecule has 0 atom stereocenters. The molecule has 0 aromatic heterocycles. The summed E-state index contributed by atoms with van der Waals surface area (Å²) in [7, 11) is -3.21. The van der Waals surface area contributed by atoms with Crippen molar-refractivity contribution in [3.8, 4) is 6.07 Å². The van der Waals surface area contributed by atoms with Gasteiger partial charge in [0.05, 0.1) is 23.1 Å². The van der Waals surface area contributed by atoms with Crippen molar-refractivity contribution in [3.63, 3.8) is 0 Å². The summed E-state index contributed by atoms with van der Waals surface area (Å²) in [5.41, 5.74) is 2.32. The van der Waals surface area contributed by atoms with Crippen molar-refractivity contribution in [2.45, 2.75) is 6.42 Å². The van der Waals surface area contributed by atoms with Gasteiger partial charge < -0.3 is 5.32 Å². The number of sulfonamides is 1. The summed E-state index contributed by atoms with van der Waals surface area (Å²) < 4.78 is 25.2. The third kappa shape index (κ3) is 3.92. The summed E-state index contributed by atoms with van der Waals surface area (Å²) in [5.74, 6) is -0.167. The van der Waals surface area contributed by atoms with Gasteiger partial charge in [0.2, 0.25) is 15.9 Å². The molecule has 1 saturated heterocycles. The Balaban J connectivity index is 1.67. The second kappa shape index (κ2) is 7.42. The standard InChI is InChI=1S/C19H17N3O3S/c20-14-16-5-2-1-4-15(16)6-11-19(23)21-17-7-9-18(10-8-17)22-12-3-13-26(22,24)25/h1-2,4-11H,3,12-13H2,(H,21,23)/b11-6+. The van der Waals surface area contributed by atoms with Crippen molar-refractivity contribution in [2.24, 2.45) is 0 Å². The Morgan fingerprint density at radius 1 is 1.15 bits per heavy atom. The van der Waals surface area contributed by atoms with Crippen LogP contribution in [-0.2, 0) is 14.8 Å². The predicted octanol–water partition coefficient (Wildman–Crippen LogP) is 2.75. The highest BCUT2D eigenvalue weighted by molar-refractivity contribution is 7.93. The highest BCUT2D eigenvalue weighted by Crippen LogP contribution is 2.25. The first-order valence-corrected chi connectivity index (χ1v) is 9.69. The summed E-state index contributed by atoms with van der Waals surface area (Å²) >= 11 is 0. The van der Waals surface area contributed by atoms with E-state index in [0.717, 1.165) is 0 Å². The van der Waals surface area contributed by atoms with Crippen LogP contribution in [0.5, 0.6) is 0 Å². The normalized spacial score (nSPS) is 15.7. The van der Waals surface area contributed by atoms with Crippen LogP contribution in [0, 0.1) is 11.3 Å². The summed E-state index contributed by atoms with van der Waals surface area (Å²) in [6.07, 6.45) is 3.56. The number of nitriles is 1. The quantitative estimate of drug-likeness (QED) is 0.841. The molecule has 3 rings (SSSR count). The Morgan fingerprint density at radius 3 is 2.54 bits per heavy atom. The Morgan fingerprint density at radius 2 is 1.88 bits per heavy atom. The van der Waals surface area contributed by atoms with Crippen LogP contribution >= 0.6 is 0 Å². The fourth-order valence-corrected chi connectivity index (χ4v) is 4.30. The number of nitrogens with one attached hydrogen (secondary N) is 1. The second-order valence-electron chi connectivity index (χ2n) is 5.81. The van der Waals surface area contributed by atoms with Gasteiger partial charge in [0, 0.05) is 18.3 Å². The van der Waals surface area contributed by atoms with Crippen molar-refractivity contribution in [3.05, 3.63) is 65.7 Å². The summed E-state index contributed by atoms with van der Waals surface area (Å²) in [6, 6.07) is 15.7. The van der Waals surface area contributed by atoms with Gasteiger partial charge in [-0.25, -0.2) is 8.42 Å². The number of hydrogen-bond donors (Lipinski definition) is 1. The molecule has 0 aliphatic carbocycles. The van der Waals surface area contributed by atoms with E-state index in [1.165, 1.54) is 10.4 Å². The molecule has 0 saturated carbocycles. The average Bonchev–Trinajstić information content (AvgIpc) is 3.00. The van der Waals surface area contributed by atoms with Crippen LogP contribution < -0.4 is 9.62 Å². The van der Waals surface area contributed by atoms with E-state index in [0.29, 0.717) is 35.5 Å². The van der Waals surface area contributed by atoms with Crippen molar-refractivity contribution in [1.29, 1.82) is 5.26 Å². The van der Waals surface area contributed by atoms with Gasteiger partial charge in [0.15, 0.2) is 0 Å². The molecule has 1 aliphatic heterocycles. The molecule has 1 N–H and O–H groups in total. The lowest BCUT2D eigenvalue weighted by Crippen LogP contribution is -2.24. The molecular formula is C19H17N3O3S. The van der Waals surface area contributed by atoms with Crippen LogP contribution in [0.4, 0.5) is 11.4 Å². The number of carbonyl (C=O) groups is 1. The fraction of sp³-hybridized carbons (Fsp3) is 0.158. The Bertz CT molecular complexity index is 989. The first-order valence-electron chi connectivity index (χ1n) is 8.08. The van der Waals surface area contributed by atoms with Crippen LogP contribution in [0.15, 0.2) is 54.6 Å². The molecule has 2 aromatic rings. The summed E-state index contributed by atoms with van der Waals surface area (Å²) in [6.45, 7) is 0.481. The largest absolute Gasteiger partial charge is 0.323 e. The molecular weight excluding hydrogens is 350 g/mol. The van der Waals surface area contributed by atoms with Crippen LogP contribution in [0.2, 0.25) is 0 Å². The molecule has 6 nitrogen and oxygen atoms in total. The monoisotopic (exact) mass is 367 g/mol. The smallest absolute Gasteiger partial charge is 0.248 e. The SMILES string of the molecule is N#Cc1ccccc1/C=C/C(=O)Nc1ccc(N2CCCS2(=O)=O)cc1. The van der Waals surface area contributed by atoms with Crippen LogP contribution in [0.25, 0.3) is 6.08 Å². The molecule has 0 bridgehead atoms. The maximum absolute atomic E-state index is 12.0. The van der Waals surface area contributed by atoms with Crippen LogP contribution in [-0.4, -0.2) is 26.6 Å². The van der Waals surface area contributed by atoms with Gasteiger partial charge in [-0.3, -0.25) is 9.10 Å². The molecule has 1 aliphatic rings. The van der Waals surface area contributed by atoms with Crippen molar-refractivity contribution < 1.29 is 13.2 Å². The number of rotatable bonds is 4. The van der Waals surface area contributed by atoms with E-state index < -0.39 is 10.0 Å². The van der Waals surface area contributed by atoms with E-state index in [4.69, 9.17) is 5.26 Å². The van der Waals surface area contributed by atoms with E-state index in [2.05, 4.69) is 11.4 Å². The Hall–Kier alpha value is -3.11. The van der Waals surface area contributed by atoms with Gasteiger partial charge in [-0.05, 0) is 48.4 Å². The molecule has 0 unspecified atom stereocenters. The maximum atomic E-state index is 12.0. The molecule has 1 amide bonds. The van der Waals surface area contributed by atoms with Crippen molar-refractivity contribution in [2.75, 3.05) is 21.9 Å². The number of benzene rings is 2. The van der Waals surface area contributed by atoms with Crippen LogP contribution in [0.3, 0.4) is 0 Å². The molecule has 26 heavy (non-hydrogen) atoms. The van der Waals surface area contributed by atoms with Crippen LogP contribution in [0.1, 0.15) is 17.5 Å². The molecule has 2 aromatic carbocycles. The van der Waals surface area contributed by atoms with E-state index >= 15 is 0 Å². The molecule has 1 fully saturated rings. The number of hydrogen-bond acceptors (Lipinski definition) is 4. The maximum Gasteiger partial charge on any atom is 0.248 e. The topological polar surface area (TPSA) is 90.3 Å². The highest BCUT2D eigenvalue weighted by atomic mass is 32.2. The molecule has 132 valence electrons. The van der Waals surface area contributed by atoms with E-state index in [9.17, 15) is 13.2 Å². The molecule has 1 heterocycles. The lowest BCUT2D eigenvalue weighted by molar-refractivity contribution is -0.111. The van der Waals surface area contributed by atoms with Gasteiger partial charge in [0.25, 0.3) is 0 Å². The summed E-state index contributed by atoms with van der Waals surface area (Å²) in [4.78, 5) is 12.0. The molecule has 0 spiro atoms. The first-order chi connectivity index (χ1) is 12.5. The minimum atomic E-state index is -3.21. The lowest BCUT2D eigenvalue weighted by Gasteiger charge is -2.17. The zero-order chi connectivity index (χ0) is 18.6. The minimum Gasteiger partial charge on any atom is -0.323 e. The lowest BCUT2D eigenvalue weighted by atomic mass is 10.1. The fourth-order valence-electron chi connectivity index (χ4n) is 2.73. The summed E-state index contributed by atoms with van der Waals surface area (Å²) in [5, 5.41) is 11.8. The van der Waals surface area contributed by atoms with Gasteiger partial charge in [0.1, 0.15) is 0 Å². The molecule has 7 heteroatoms. The number of nitrogens with zero attached hydrogens (tertiary/aromatic N) is 2. The van der Waals surface area contributed by atoms with Gasteiger partial charge in [-0.1, -0.05) is 18.2 Å². The number of carbonyl (C=O) groups excluding carboxylic acids is 1. The Kier molecular flexibility index (Phi) is 5.05. The van der Waals surface area contributed by atoms with Crippen molar-refractivity contribution in [1.82, 2.24) is 0 Å². The number of amides is 1. The highest BCUT2D eigenvalue weighted by Gasteiger charge is 2.28. The van der Waals surface area contributed by atoms with Crippen molar-refractivity contribution >= 4 is 33.4 Å². The third-order valence-electron chi connectivity index (χ3n) is 4.02. The minimum absolute atomic E-state index is 0.167.